The van der Waals surface area contributed by atoms with E-state index in [0.717, 1.165) is 22.6 Å². The summed E-state index contributed by atoms with van der Waals surface area (Å²) in [6.45, 7) is 2.29. The topological polar surface area (TPSA) is 46.4 Å². The molecule has 0 aliphatic heterocycles. The molecule has 1 N–H and O–H groups in total. The third-order valence-electron chi connectivity index (χ3n) is 3.97. The number of hydrogen-bond donors (Lipinski definition) is 1. The lowest BCUT2D eigenvalue weighted by Gasteiger charge is -2.08. The highest BCUT2D eigenvalue weighted by Crippen LogP contribution is 2.29. The Kier molecular flexibility index (Phi) is 5.99. The summed E-state index contributed by atoms with van der Waals surface area (Å²) >= 11 is 1.29. The molecule has 0 spiro atoms. The first-order chi connectivity index (χ1) is 13.3. The van der Waals surface area contributed by atoms with E-state index >= 15 is 0 Å². The van der Waals surface area contributed by atoms with Gasteiger partial charge in [-0.15, -0.1) is 11.3 Å². The first-order valence-electron chi connectivity index (χ1n) is 8.56. The Morgan fingerprint density at radius 2 is 1.79 bits per heavy atom. The van der Waals surface area contributed by atoms with Crippen LogP contribution in [0.15, 0.2) is 65.8 Å². The molecule has 0 radical (unpaired) electrons. The molecule has 8 heteroatoms. The van der Waals surface area contributed by atoms with E-state index in [1.165, 1.54) is 23.5 Å². The molecule has 0 aliphatic carbocycles. The summed E-state index contributed by atoms with van der Waals surface area (Å²) in [7, 11) is 0. The highest BCUT2D eigenvalue weighted by molar-refractivity contribution is 7.09. The predicted molar refractivity (Wildman–Crippen MR) is 102 cm³/mol. The van der Waals surface area contributed by atoms with Gasteiger partial charge in [-0.05, 0) is 43.2 Å². The number of aromatic nitrogens is 1. The second kappa shape index (κ2) is 8.43. The van der Waals surface area contributed by atoms with Gasteiger partial charge in [0, 0.05) is 23.3 Å². The van der Waals surface area contributed by atoms with E-state index < -0.39 is 17.8 Å². The van der Waals surface area contributed by atoms with Gasteiger partial charge in [-0.3, -0.25) is 4.57 Å². The fourth-order valence-electron chi connectivity index (χ4n) is 2.61. The maximum atomic E-state index is 12.7. The van der Waals surface area contributed by atoms with Crippen LogP contribution in [-0.4, -0.2) is 17.1 Å². The van der Waals surface area contributed by atoms with Crippen LogP contribution in [0.1, 0.15) is 16.0 Å². The number of benzene rings is 2. The molecule has 1 heterocycles. The maximum absolute atomic E-state index is 12.7. The van der Waals surface area contributed by atoms with E-state index in [9.17, 15) is 18.0 Å². The number of nitrogens with one attached hydrogen (secondary N) is 1. The average Bonchev–Trinajstić information content (AvgIpc) is 3.02. The number of halogens is 3. The number of carbonyl (C=O) groups excluding carboxylic acids is 1. The Bertz CT molecular complexity index is 1010. The molecular formula is C20H18F3N3OS. The first kappa shape index (κ1) is 19.9. The summed E-state index contributed by atoms with van der Waals surface area (Å²) in [4.78, 5) is 17.5. The van der Waals surface area contributed by atoms with Gasteiger partial charge in [0.1, 0.15) is 0 Å². The van der Waals surface area contributed by atoms with Crippen molar-refractivity contribution in [3.63, 3.8) is 0 Å². The Morgan fingerprint density at radius 1 is 1.11 bits per heavy atom. The molecule has 0 bridgehead atoms. The van der Waals surface area contributed by atoms with Gasteiger partial charge in [-0.25, -0.2) is 4.79 Å². The van der Waals surface area contributed by atoms with Crippen LogP contribution in [0.25, 0.3) is 5.69 Å². The van der Waals surface area contributed by atoms with E-state index in [-0.39, 0.29) is 0 Å². The molecule has 0 unspecified atom stereocenters. The summed E-state index contributed by atoms with van der Waals surface area (Å²) in [5.74, 6) is 0. The third kappa shape index (κ3) is 5.10. The zero-order chi connectivity index (χ0) is 20.1. The zero-order valence-corrected chi connectivity index (χ0v) is 15.8. The number of thiazole rings is 1. The fourth-order valence-corrected chi connectivity index (χ4v) is 3.45. The summed E-state index contributed by atoms with van der Waals surface area (Å²) in [6, 6.07) is 14.0. The van der Waals surface area contributed by atoms with E-state index in [1.807, 2.05) is 37.3 Å². The molecule has 0 atom stereocenters. The van der Waals surface area contributed by atoms with Crippen LogP contribution < -0.4 is 10.1 Å². The van der Waals surface area contributed by atoms with E-state index in [1.54, 1.807) is 10.8 Å². The Balaban J connectivity index is 1.74. The monoisotopic (exact) mass is 405 g/mol. The van der Waals surface area contributed by atoms with Gasteiger partial charge >= 0.3 is 12.2 Å². The number of alkyl halides is 3. The average molecular weight is 405 g/mol. The Morgan fingerprint density at radius 3 is 2.43 bits per heavy atom. The zero-order valence-electron chi connectivity index (χ0n) is 15.0. The standard InChI is InChI=1S/C20H18F3N3OS/c1-14-13-26(17-9-7-16(8-10-17)20(21,22)23)19(28-14)25-18(27)24-12-11-15-5-3-2-4-6-15/h2-10,13H,11-12H2,1H3,(H,24,27)/b25-19-. The number of carbonyl (C=O) groups is 1. The minimum Gasteiger partial charge on any atom is -0.336 e. The molecular weight excluding hydrogens is 387 g/mol. The van der Waals surface area contributed by atoms with E-state index in [0.29, 0.717) is 23.5 Å². The summed E-state index contributed by atoms with van der Waals surface area (Å²) < 4.78 is 39.8. The molecule has 3 aromatic rings. The van der Waals surface area contributed by atoms with Crippen LogP contribution in [-0.2, 0) is 12.6 Å². The summed E-state index contributed by atoms with van der Waals surface area (Å²) in [5.41, 5.74) is 0.892. The quantitative estimate of drug-likeness (QED) is 0.671. The second-order valence-electron chi connectivity index (χ2n) is 6.12. The molecule has 0 fully saturated rings. The van der Waals surface area contributed by atoms with Crippen LogP contribution in [0.5, 0.6) is 0 Å². The molecule has 2 aromatic carbocycles. The smallest absolute Gasteiger partial charge is 0.336 e. The number of urea groups is 1. The Labute approximate surface area is 164 Å². The van der Waals surface area contributed by atoms with Gasteiger partial charge in [0.25, 0.3) is 0 Å². The largest absolute Gasteiger partial charge is 0.416 e. The van der Waals surface area contributed by atoms with Crippen LogP contribution >= 0.6 is 11.3 Å². The number of aryl methyl sites for hydroxylation is 1. The van der Waals surface area contributed by atoms with Crippen LogP contribution in [0.3, 0.4) is 0 Å². The van der Waals surface area contributed by atoms with Crippen molar-refractivity contribution in [3.05, 3.63) is 81.6 Å². The number of hydrogen-bond acceptors (Lipinski definition) is 2. The molecule has 0 aliphatic rings. The van der Waals surface area contributed by atoms with Crippen molar-refractivity contribution in [2.75, 3.05) is 6.54 Å². The molecule has 0 saturated heterocycles. The normalized spacial score (nSPS) is 12.2. The third-order valence-corrected chi connectivity index (χ3v) is 4.87. The minimum absolute atomic E-state index is 0.398. The molecule has 3 rings (SSSR count). The lowest BCUT2D eigenvalue weighted by Crippen LogP contribution is -2.25. The van der Waals surface area contributed by atoms with Gasteiger partial charge in [0.15, 0.2) is 4.80 Å². The molecule has 0 saturated carbocycles. The first-order valence-corrected chi connectivity index (χ1v) is 9.38. The van der Waals surface area contributed by atoms with E-state index in [4.69, 9.17) is 0 Å². The van der Waals surface area contributed by atoms with E-state index in [2.05, 4.69) is 10.3 Å². The van der Waals surface area contributed by atoms with Gasteiger partial charge < -0.3 is 5.32 Å². The van der Waals surface area contributed by atoms with Crippen LogP contribution in [0, 0.1) is 6.92 Å². The van der Waals surface area contributed by atoms with Crippen molar-refractivity contribution in [2.45, 2.75) is 19.5 Å². The van der Waals surface area contributed by atoms with Gasteiger partial charge in [0.05, 0.1) is 5.56 Å². The molecule has 2 amide bonds. The number of amides is 2. The fraction of sp³-hybridized carbons (Fsp3) is 0.200. The molecule has 1 aromatic heterocycles. The van der Waals surface area contributed by atoms with Crippen molar-refractivity contribution in [1.29, 1.82) is 0 Å². The van der Waals surface area contributed by atoms with Crippen molar-refractivity contribution >= 4 is 17.4 Å². The van der Waals surface area contributed by atoms with Crippen molar-refractivity contribution in [1.82, 2.24) is 9.88 Å². The van der Waals surface area contributed by atoms with Crippen molar-refractivity contribution < 1.29 is 18.0 Å². The molecule has 146 valence electrons. The molecule has 4 nitrogen and oxygen atoms in total. The predicted octanol–water partition coefficient (Wildman–Crippen LogP) is 4.72. The van der Waals surface area contributed by atoms with Crippen molar-refractivity contribution in [2.24, 2.45) is 4.99 Å². The second-order valence-corrected chi connectivity index (χ2v) is 7.33. The SMILES string of the molecule is Cc1cn(-c2ccc(C(F)(F)F)cc2)/c(=N/C(=O)NCCc2ccccc2)s1. The minimum atomic E-state index is -4.39. The van der Waals surface area contributed by atoms with Gasteiger partial charge in [-0.1, -0.05) is 30.3 Å². The number of nitrogens with zero attached hydrogens (tertiary/aromatic N) is 2. The highest BCUT2D eigenvalue weighted by atomic mass is 32.1. The lowest BCUT2D eigenvalue weighted by atomic mass is 10.1. The van der Waals surface area contributed by atoms with Gasteiger partial charge in [-0.2, -0.15) is 18.2 Å². The van der Waals surface area contributed by atoms with Gasteiger partial charge in [0.2, 0.25) is 0 Å². The van der Waals surface area contributed by atoms with Crippen LogP contribution in [0.2, 0.25) is 0 Å². The highest BCUT2D eigenvalue weighted by Gasteiger charge is 2.30. The number of rotatable bonds is 4. The Hall–Kier alpha value is -2.87. The molecule has 28 heavy (non-hydrogen) atoms. The lowest BCUT2D eigenvalue weighted by molar-refractivity contribution is -0.137. The maximum Gasteiger partial charge on any atom is 0.416 e. The van der Waals surface area contributed by atoms with Crippen LogP contribution in [0.4, 0.5) is 18.0 Å². The summed E-state index contributed by atoms with van der Waals surface area (Å²) in [6.07, 6.45) is -1.96. The summed E-state index contributed by atoms with van der Waals surface area (Å²) in [5, 5.41) is 2.74. The van der Waals surface area contributed by atoms with Crippen molar-refractivity contribution in [3.8, 4) is 5.69 Å².